The van der Waals surface area contributed by atoms with Gasteiger partial charge in [0, 0.05) is 10.8 Å². The Bertz CT molecular complexity index is 535. The lowest BCUT2D eigenvalue weighted by Crippen LogP contribution is -2.13. The first-order valence-corrected chi connectivity index (χ1v) is 7.43. The maximum atomic E-state index is 5.52. The van der Waals surface area contributed by atoms with Gasteiger partial charge in [0.1, 0.15) is 0 Å². The van der Waals surface area contributed by atoms with Crippen molar-refractivity contribution in [3.05, 3.63) is 45.5 Å². The van der Waals surface area contributed by atoms with Gasteiger partial charge in [-0.1, -0.05) is 38.2 Å². The molecule has 0 saturated heterocycles. The van der Waals surface area contributed by atoms with Crippen LogP contribution in [0.3, 0.4) is 0 Å². The van der Waals surface area contributed by atoms with Crippen molar-refractivity contribution in [2.24, 2.45) is 0 Å². The van der Waals surface area contributed by atoms with Crippen LogP contribution in [0.1, 0.15) is 67.0 Å². The molecule has 0 bridgehead atoms. The van der Waals surface area contributed by atoms with Crippen LogP contribution in [0.5, 0.6) is 0 Å². The van der Waals surface area contributed by atoms with Crippen LogP contribution < -0.4 is 0 Å². The number of allylic oxidation sites excluding steroid dienone is 1. The molecule has 0 amide bonds. The van der Waals surface area contributed by atoms with Crippen molar-refractivity contribution >= 4 is 17.1 Å². The van der Waals surface area contributed by atoms with Crippen LogP contribution in [0.2, 0.25) is 0 Å². The SMILES string of the molecule is C=C(C)C(C)c1c(C)c(C)c(CC)c(C)c1C(C)=S. The summed E-state index contributed by atoms with van der Waals surface area (Å²) in [5.74, 6) is 0.358. The molecule has 104 valence electrons. The van der Waals surface area contributed by atoms with Crippen molar-refractivity contribution in [3.8, 4) is 0 Å². The standard InChI is InChI=1S/C18H26S/c1-9-16-12(5)13(6)17(11(4)10(2)3)18(14(16)7)15(8)19/h11H,2,9H2,1,3-8H3. The Morgan fingerprint density at radius 1 is 1.11 bits per heavy atom. The van der Waals surface area contributed by atoms with E-state index in [2.05, 4.69) is 48.1 Å². The summed E-state index contributed by atoms with van der Waals surface area (Å²) in [7, 11) is 0. The van der Waals surface area contributed by atoms with Crippen LogP contribution in [-0.4, -0.2) is 4.86 Å². The highest BCUT2D eigenvalue weighted by Crippen LogP contribution is 2.35. The van der Waals surface area contributed by atoms with Crippen molar-refractivity contribution < 1.29 is 0 Å². The highest BCUT2D eigenvalue weighted by molar-refractivity contribution is 7.80. The molecule has 0 heterocycles. The van der Waals surface area contributed by atoms with E-state index in [1.54, 1.807) is 0 Å². The van der Waals surface area contributed by atoms with Gasteiger partial charge in [0.25, 0.3) is 0 Å². The second-order valence-corrected chi connectivity index (χ2v) is 6.23. The molecule has 0 nitrogen and oxygen atoms in total. The van der Waals surface area contributed by atoms with Crippen LogP contribution >= 0.6 is 12.2 Å². The number of hydrogen-bond acceptors (Lipinski definition) is 1. The number of thiocarbonyl (C=S) groups is 1. The third-order valence-corrected chi connectivity index (χ3v) is 4.60. The predicted molar refractivity (Wildman–Crippen MR) is 90.6 cm³/mol. The second-order valence-electron chi connectivity index (χ2n) is 5.62. The number of benzene rings is 1. The van der Waals surface area contributed by atoms with Crippen molar-refractivity contribution in [3.63, 3.8) is 0 Å². The van der Waals surface area contributed by atoms with Crippen LogP contribution in [-0.2, 0) is 6.42 Å². The molecule has 1 unspecified atom stereocenters. The molecule has 0 aromatic heterocycles. The fourth-order valence-electron chi connectivity index (χ4n) is 3.02. The zero-order valence-electron chi connectivity index (χ0n) is 13.4. The van der Waals surface area contributed by atoms with Crippen molar-refractivity contribution in [2.45, 2.75) is 60.8 Å². The quantitative estimate of drug-likeness (QED) is 0.392. The van der Waals surface area contributed by atoms with E-state index in [1.165, 1.54) is 39.0 Å². The largest absolute Gasteiger partial charge is 0.0995 e. The molecule has 1 aromatic rings. The van der Waals surface area contributed by atoms with Crippen molar-refractivity contribution in [1.82, 2.24) is 0 Å². The van der Waals surface area contributed by atoms with Crippen LogP contribution in [0, 0.1) is 20.8 Å². The van der Waals surface area contributed by atoms with E-state index in [0.29, 0.717) is 5.92 Å². The molecule has 0 spiro atoms. The molecule has 1 atom stereocenters. The van der Waals surface area contributed by atoms with Gasteiger partial charge < -0.3 is 0 Å². The third kappa shape index (κ3) is 2.81. The summed E-state index contributed by atoms with van der Waals surface area (Å²) in [4.78, 5) is 0.999. The lowest BCUT2D eigenvalue weighted by Gasteiger charge is -2.25. The van der Waals surface area contributed by atoms with Crippen LogP contribution in [0.4, 0.5) is 0 Å². The summed E-state index contributed by atoms with van der Waals surface area (Å²) in [5.41, 5.74) is 9.48. The molecule has 0 saturated carbocycles. The van der Waals surface area contributed by atoms with Gasteiger partial charge >= 0.3 is 0 Å². The zero-order chi connectivity index (χ0) is 14.9. The molecule has 1 aromatic carbocycles. The molecule has 0 radical (unpaired) electrons. The number of hydrogen-bond donors (Lipinski definition) is 0. The minimum atomic E-state index is 0.358. The minimum absolute atomic E-state index is 0.358. The fraction of sp³-hybridized carbons (Fsp3) is 0.500. The van der Waals surface area contributed by atoms with Gasteiger partial charge in [-0.3, -0.25) is 0 Å². The first-order valence-electron chi connectivity index (χ1n) is 7.02. The van der Waals surface area contributed by atoms with Gasteiger partial charge in [-0.05, 0) is 74.4 Å². The first-order chi connectivity index (χ1) is 8.73. The Kier molecular flexibility index (Phi) is 5.09. The fourth-order valence-corrected chi connectivity index (χ4v) is 3.28. The van der Waals surface area contributed by atoms with Gasteiger partial charge in [-0.15, -0.1) is 0 Å². The Balaban J connectivity index is 3.80. The maximum absolute atomic E-state index is 5.52. The molecule has 1 heteroatoms. The van der Waals surface area contributed by atoms with Crippen molar-refractivity contribution in [1.29, 1.82) is 0 Å². The molecule has 0 aliphatic carbocycles. The Morgan fingerprint density at radius 3 is 2.00 bits per heavy atom. The summed E-state index contributed by atoms with van der Waals surface area (Å²) in [5, 5.41) is 0. The van der Waals surface area contributed by atoms with Gasteiger partial charge in [0.2, 0.25) is 0 Å². The summed E-state index contributed by atoms with van der Waals surface area (Å²) in [6, 6.07) is 0. The normalized spacial score (nSPS) is 12.4. The van der Waals surface area contributed by atoms with E-state index in [4.69, 9.17) is 12.2 Å². The van der Waals surface area contributed by atoms with E-state index in [0.717, 1.165) is 11.3 Å². The highest BCUT2D eigenvalue weighted by atomic mass is 32.1. The molecule has 19 heavy (non-hydrogen) atoms. The Labute approximate surface area is 123 Å². The van der Waals surface area contributed by atoms with Gasteiger partial charge in [-0.25, -0.2) is 0 Å². The predicted octanol–water partition coefficient (Wildman–Crippen LogP) is 5.59. The molecule has 0 fully saturated rings. The molecule has 1 rings (SSSR count). The molecule has 0 aliphatic rings. The zero-order valence-corrected chi connectivity index (χ0v) is 14.2. The summed E-state index contributed by atoms with van der Waals surface area (Å²) < 4.78 is 0. The van der Waals surface area contributed by atoms with Gasteiger partial charge in [0.05, 0.1) is 0 Å². The highest BCUT2D eigenvalue weighted by Gasteiger charge is 2.21. The first kappa shape index (κ1) is 16.1. The van der Waals surface area contributed by atoms with Gasteiger partial charge in [0.15, 0.2) is 0 Å². The molecular formula is C18H26S. The van der Waals surface area contributed by atoms with E-state index < -0.39 is 0 Å². The number of rotatable bonds is 4. The summed E-state index contributed by atoms with van der Waals surface area (Å²) in [6.07, 6.45) is 1.07. The lowest BCUT2D eigenvalue weighted by molar-refractivity contribution is 0.873. The van der Waals surface area contributed by atoms with E-state index in [1.807, 2.05) is 6.92 Å². The topological polar surface area (TPSA) is 0 Å². The van der Waals surface area contributed by atoms with Crippen LogP contribution in [0.25, 0.3) is 0 Å². The van der Waals surface area contributed by atoms with E-state index >= 15 is 0 Å². The third-order valence-electron chi connectivity index (χ3n) is 4.39. The smallest absolute Gasteiger partial charge is 0.0199 e. The average Bonchev–Trinajstić information content (AvgIpc) is 2.32. The molecule has 0 N–H and O–H groups in total. The Morgan fingerprint density at radius 2 is 1.63 bits per heavy atom. The van der Waals surface area contributed by atoms with Crippen LogP contribution in [0.15, 0.2) is 12.2 Å². The lowest BCUT2D eigenvalue weighted by atomic mass is 9.79. The Hall–Kier alpha value is -0.950. The van der Waals surface area contributed by atoms with Gasteiger partial charge in [-0.2, -0.15) is 0 Å². The van der Waals surface area contributed by atoms with E-state index in [-0.39, 0.29) is 0 Å². The average molecular weight is 274 g/mol. The summed E-state index contributed by atoms with van der Waals surface area (Å²) in [6.45, 7) is 19.4. The van der Waals surface area contributed by atoms with E-state index in [9.17, 15) is 0 Å². The minimum Gasteiger partial charge on any atom is -0.0995 e. The second kappa shape index (κ2) is 6.00. The molecule has 0 aliphatic heterocycles. The van der Waals surface area contributed by atoms with Crippen molar-refractivity contribution in [2.75, 3.05) is 0 Å². The monoisotopic (exact) mass is 274 g/mol. The maximum Gasteiger partial charge on any atom is 0.0199 e. The summed E-state index contributed by atoms with van der Waals surface area (Å²) >= 11 is 5.52. The molecular weight excluding hydrogens is 248 g/mol.